The summed E-state index contributed by atoms with van der Waals surface area (Å²) in [5.74, 6) is 0.695. The van der Waals surface area contributed by atoms with E-state index in [9.17, 15) is 0 Å². The van der Waals surface area contributed by atoms with Gasteiger partial charge in [-0.05, 0) is 38.3 Å². The molecule has 1 aromatic heterocycles. The largest absolute Gasteiger partial charge is 0.481 e. The van der Waals surface area contributed by atoms with Crippen molar-refractivity contribution in [2.75, 3.05) is 14.2 Å². The van der Waals surface area contributed by atoms with Crippen LogP contribution in [0.5, 0.6) is 5.88 Å². The Labute approximate surface area is 115 Å². The molecule has 0 radical (unpaired) electrons. The lowest BCUT2D eigenvalue weighted by Crippen LogP contribution is -2.47. The lowest BCUT2D eigenvalue weighted by molar-refractivity contribution is 0.111. The highest BCUT2D eigenvalue weighted by Crippen LogP contribution is 2.36. The summed E-state index contributed by atoms with van der Waals surface area (Å²) in [6, 6.07) is 6.30. The molecular formula is C15H23N3O. The molecular weight excluding hydrogens is 238 g/mol. The zero-order valence-corrected chi connectivity index (χ0v) is 11.8. The van der Waals surface area contributed by atoms with Crippen molar-refractivity contribution in [3.63, 3.8) is 0 Å². The monoisotopic (exact) mass is 261 g/mol. The molecule has 0 saturated carbocycles. The van der Waals surface area contributed by atoms with Crippen molar-refractivity contribution in [1.82, 2.24) is 15.2 Å². The number of fused-ring (bicyclic) bond motifs is 2. The average molecular weight is 261 g/mol. The molecule has 4 nitrogen and oxygen atoms in total. The van der Waals surface area contributed by atoms with Crippen LogP contribution in [-0.2, 0) is 6.54 Å². The molecule has 104 valence electrons. The second kappa shape index (κ2) is 5.47. The average Bonchev–Trinajstić information content (AvgIpc) is 2.70. The van der Waals surface area contributed by atoms with E-state index >= 15 is 0 Å². The highest BCUT2D eigenvalue weighted by atomic mass is 16.5. The number of methoxy groups -OCH3 is 1. The number of hydrogen-bond acceptors (Lipinski definition) is 4. The first-order valence-electron chi connectivity index (χ1n) is 7.22. The Balaban J connectivity index is 1.67. The first-order valence-corrected chi connectivity index (χ1v) is 7.22. The van der Waals surface area contributed by atoms with Gasteiger partial charge in [-0.15, -0.1) is 0 Å². The van der Waals surface area contributed by atoms with Crippen molar-refractivity contribution >= 4 is 0 Å². The van der Waals surface area contributed by atoms with E-state index in [4.69, 9.17) is 4.74 Å². The molecule has 0 aliphatic carbocycles. The van der Waals surface area contributed by atoms with Crippen molar-refractivity contribution in [2.24, 2.45) is 0 Å². The van der Waals surface area contributed by atoms with Gasteiger partial charge in [0.15, 0.2) is 0 Å². The van der Waals surface area contributed by atoms with E-state index in [2.05, 4.69) is 28.3 Å². The number of nitrogens with zero attached hydrogens (tertiary/aromatic N) is 2. The van der Waals surface area contributed by atoms with Crippen molar-refractivity contribution in [1.29, 1.82) is 0 Å². The minimum absolute atomic E-state index is 0.695. The van der Waals surface area contributed by atoms with Gasteiger partial charge in [0.05, 0.1) is 7.11 Å². The van der Waals surface area contributed by atoms with Gasteiger partial charge in [0.25, 0.3) is 0 Å². The first kappa shape index (κ1) is 12.9. The third-order valence-corrected chi connectivity index (χ3v) is 4.66. The fourth-order valence-electron chi connectivity index (χ4n) is 3.60. The molecule has 2 aliphatic rings. The molecule has 3 heterocycles. The molecule has 1 N–H and O–H groups in total. The zero-order chi connectivity index (χ0) is 13.2. The highest BCUT2D eigenvalue weighted by Gasteiger charge is 2.39. The van der Waals surface area contributed by atoms with Gasteiger partial charge >= 0.3 is 0 Å². The van der Waals surface area contributed by atoms with E-state index in [0.717, 1.165) is 18.6 Å². The van der Waals surface area contributed by atoms with Gasteiger partial charge in [0.2, 0.25) is 5.88 Å². The Kier molecular flexibility index (Phi) is 3.71. The quantitative estimate of drug-likeness (QED) is 0.897. The number of hydrogen-bond donors (Lipinski definition) is 1. The van der Waals surface area contributed by atoms with E-state index in [1.165, 1.54) is 31.2 Å². The maximum Gasteiger partial charge on any atom is 0.212 e. The Hall–Kier alpha value is -1.13. The van der Waals surface area contributed by atoms with Gasteiger partial charge in [0.1, 0.15) is 0 Å². The van der Waals surface area contributed by atoms with Crippen molar-refractivity contribution in [2.45, 2.75) is 50.4 Å². The second-order valence-corrected chi connectivity index (χ2v) is 5.72. The maximum absolute atomic E-state index is 5.11. The summed E-state index contributed by atoms with van der Waals surface area (Å²) in [6.45, 7) is 1.03. The molecule has 3 rings (SSSR count). The summed E-state index contributed by atoms with van der Waals surface area (Å²) in [5, 5.41) is 3.45. The summed E-state index contributed by atoms with van der Waals surface area (Å²) in [7, 11) is 3.75. The highest BCUT2D eigenvalue weighted by molar-refractivity contribution is 5.18. The van der Waals surface area contributed by atoms with Crippen LogP contribution in [0, 0.1) is 0 Å². The number of piperidine rings is 1. The zero-order valence-electron chi connectivity index (χ0n) is 11.8. The molecule has 1 aromatic rings. The van der Waals surface area contributed by atoms with Crippen molar-refractivity contribution < 1.29 is 4.74 Å². The minimum Gasteiger partial charge on any atom is -0.481 e. The van der Waals surface area contributed by atoms with Gasteiger partial charge < -0.3 is 10.1 Å². The number of rotatable bonds is 4. The summed E-state index contributed by atoms with van der Waals surface area (Å²) in [5.41, 5.74) is 1.29. The summed E-state index contributed by atoms with van der Waals surface area (Å²) in [4.78, 5) is 6.98. The molecule has 2 atom stereocenters. The third kappa shape index (κ3) is 2.60. The number of nitrogens with one attached hydrogen (secondary N) is 1. The minimum atomic E-state index is 0.695. The molecule has 4 heteroatoms. The molecule has 2 unspecified atom stereocenters. The molecule has 2 bridgehead atoms. The fraction of sp³-hybridized carbons (Fsp3) is 0.667. The van der Waals surface area contributed by atoms with E-state index in [1.807, 2.05) is 12.3 Å². The van der Waals surface area contributed by atoms with Crippen LogP contribution in [0.1, 0.15) is 31.2 Å². The Morgan fingerprint density at radius 2 is 2.05 bits per heavy atom. The summed E-state index contributed by atoms with van der Waals surface area (Å²) < 4.78 is 5.11. The molecule has 2 fully saturated rings. The van der Waals surface area contributed by atoms with Crippen LogP contribution in [0.2, 0.25) is 0 Å². The number of ether oxygens (including phenoxy) is 1. The molecule has 0 spiro atoms. The van der Waals surface area contributed by atoms with Crippen LogP contribution in [-0.4, -0.2) is 42.2 Å². The maximum atomic E-state index is 5.11. The lowest BCUT2D eigenvalue weighted by atomic mass is 9.97. The van der Waals surface area contributed by atoms with Crippen LogP contribution in [0.3, 0.4) is 0 Å². The smallest absolute Gasteiger partial charge is 0.212 e. The van der Waals surface area contributed by atoms with Gasteiger partial charge in [0, 0.05) is 36.9 Å². The van der Waals surface area contributed by atoms with Gasteiger partial charge in [-0.2, -0.15) is 0 Å². The Morgan fingerprint density at radius 3 is 2.58 bits per heavy atom. The van der Waals surface area contributed by atoms with Crippen molar-refractivity contribution in [3.05, 3.63) is 23.9 Å². The van der Waals surface area contributed by atoms with Crippen LogP contribution in [0.25, 0.3) is 0 Å². The lowest BCUT2D eigenvalue weighted by Gasteiger charge is -2.38. The standard InChI is InChI=1S/C15H23N3O/c1-16-12-7-13-4-5-14(8-12)18(13)10-11-3-6-15(19-2)17-9-11/h3,6,9,12-14,16H,4-5,7-8,10H2,1-2H3. The molecule has 19 heavy (non-hydrogen) atoms. The van der Waals surface area contributed by atoms with Gasteiger partial charge in [-0.25, -0.2) is 4.98 Å². The Morgan fingerprint density at radius 1 is 1.32 bits per heavy atom. The van der Waals surface area contributed by atoms with Gasteiger partial charge in [-0.1, -0.05) is 6.07 Å². The SMILES string of the molecule is CNC1CC2CCC(C1)N2Cc1ccc(OC)nc1. The van der Waals surface area contributed by atoms with Crippen LogP contribution in [0.15, 0.2) is 18.3 Å². The molecule has 2 aliphatic heterocycles. The number of pyridine rings is 1. The van der Waals surface area contributed by atoms with E-state index in [-0.39, 0.29) is 0 Å². The predicted octanol–water partition coefficient (Wildman–Crippen LogP) is 1.80. The van der Waals surface area contributed by atoms with Crippen molar-refractivity contribution in [3.8, 4) is 5.88 Å². The second-order valence-electron chi connectivity index (χ2n) is 5.72. The first-order chi connectivity index (χ1) is 9.30. The third-order valence-electron chi connectivity index (χ3n) is 4.66. The summed E-state index contributed by atoms with van der Waals surface area (Å²) in [6.07, 6.45) is 7.23. The van der Waals surface area contributed by atoms with E-state index in [0.29, 0.717) is 11.9 Å². The normalized spacial score (nSPS) is 30.5. The molecule has 0 aromatic carbocycles. The van der Waals surface area contributed by atoms with Gasteiger partial charge in [-0.3, -0.25) is 4.90 Å². The molecule has 2 saturated heterocycles. The van der Waals surface area contributed by atoms with E-state index in [1.54, 1.807) is 7.11 Å². The van der Waals surface area contributed by atoms with Crippen LogP contribution < -0.4 is 10.1 Å². The van der Waals surface area contributed by atoms with E-state index < -0.39 is 0 Å². The topological polar surface area (TPSA) is 37.4 Å². The van der Waals surface area contributed by atoms with Crippen LogP contribution >= 0.6 is 0 Å². The Bertz CT molecular complexity index is 406. The number of aromatic nitrogens is 1. The summed E-state index contributed by atoms with van der Waals surface area (Å²) >= 11 is 0. The molecule has 0 amide bonds. The fourth-order valence-corrected chi connectivity index (χ4v) is 3.60. The predicted molar refractivity (Wildman–Crippen MR) is 75.2 cm³/mol. The van der Waals surface area contributed by atoms with Crippen LogP contribution in [0.4, 0.5) is 0 Å².